The maximum atomic E-state index is 14.1. The molecule has 2 aliphatic rings. The molecule has 0 unspecified atom stereocenters. The number of hydrogen-bond acceptors (Lipinski definition) is 6. The summed E-state index contributed by atoms with van der Waals surface area (Å²) in [5, 5.41) is 15.3. The molecule has 200 valence electrons. The number of benzene rings is 1. The summed E-state index contributed by atoms with van der Waals surface area (Å²) in [6, 6.07) is 10.7. The van der Waals surface area contributed by atoms with E-state index >= 15 is 0 Å². The summed E-state index contributed by atoms with van der Waals surface area (Å²) in [5.41, 5.74) is -0.927. The zero-order valence-electron chi connectivity index (χ0n) is 22.3. The van der Waals surface area contributed by atoms with Crippen LogP contribution in [-0.2, 0) is 19.7 Å². The third-order valence-corrected chi connectivity index (χ3v) is 6.84. The number of para-hydroxylation sites is 1. The van der Waals surface area contributed by atoms with E-state index in [2.05, 4.69) is 16.7 Å². The summed E-state index contributed by atoms with van der Waals surface area (Å²) in [6.07, 6.45) is 1.20. The van der Waals surface area contributed by atoms with Crippen LogP contribution in [0.1, 0.15) is 59.1 Å². The molecule has 4 rings (SSSR count). The number of rotatable bonds is 5. The van der Waals surface area contributed by atoms with Crippen molar-refractivity contribution in [3.63, 3.8) is 0 Å². The van der Waals surface area contributed by atoms with E-state index in [4.69, 9.17) is 4.74 Å². The van der Waals surface area contributed by atoms with Crippen LogP contribution in [-0.4, -0.2) is 45.6 Å². The number of nitriles is 1. The lowest BCUT2D eigenvalue weighted by atomic mass is 9.80. The smallest absolute Gasteiger partial charge is 0.412 e. The van der Waals surface area contributed by atoms with E-state index in [-0.39, 0.29) is 30.5 Å². The first-order valence-electron chi connectivity index (χ1n) is 12.7. The van der Waals surface area contributed by atoms with Crippen LogP contribution >= 0.6 is 0 Å². The molecule has 1 aromatic heterocycles. The Morgan fingerprint density at radius 1 is 1.21 bits per heavy atom. The van der Waals surface area contributed by atoms with Crippen LogP contribution < -0.4 is 16.2 Å². The van der Waals surface area contributed by atoms with Crippen molar-refractivity contribution in [2.45, 2.75) is 70.6 Å². The second-order valence-electron chi connectivity index (χ2n) is 11.3. The van der Waals surface area contributed by atoms with Crippen molar-refractivity contribution in [1.82, 2.24) is 9.47 Å². The Hall–Kier alpha value is -4.13. The molecular formula is C28H33N5O5. The van der Waals surface area contributed by atoms with Crippen molar-refractivity contribution in [1.29, 1.82) is 5.26 Å². The molecule has 38 heavy (non-hydrogen) atoms. The Kier molecular flexibility index (Phi) is 7.06. The van der Waals surface area contributed by atoms with Gasteiger partial charge >= 0.3 is 6.09 Å². The van der Waals surface area contributed by atoms with Gasteiger partial charge in [-0.05, 0) is 56.9 Å². The van der Waals surface area contributed by atoms with Gasteiger partial charge in [0, 0.05) is 24.8 Å². The highest BCUT2D eigenvalue weighted by atomic mass is 16.6. The molecule has 0 bridgehead atoms. The largest absolute Gasteiger partial charge is 0.444 e. The van der Waals surface area contributed by atoms with E-state index in [1.807, 2.05) is 32.0 Å². The third kappa shape index (κ3) is 5.01. The summed E-state index contributed by atoms with van der Waals surface area (Å²) >= 11 is 0. The van der Waals surface area contributed by atoms with Crippen LogP contribution in [0.4, 0.5) is 16.2 Å². The minimum Gasteiger partial charge on any atom is -0.444 e. The molecule has 1 aromatic carbocycles. The van der Waals surface area contributed by atoms with Crippen molar-refractivity contribution >= 4 is 29.3 Å². The van der Waals surface area contributed by atoms with Crippen molar-refractivity contribution in [2.24, 2.45) is 5.92 Å². The third-order valence-electron chi connectivity index (χ3n) is 6.84. The van der Waals surface area contributed by atoms with E-state index in [1.54, 1.807) is 32.9 Å². The van der Waals surface area contributed by atoms with Crippen LogP contribution in [0.3, 0.4) is 0 Å². The molecule has 2 aliphatic heterocycles. The average Bonchev–Trinajstić information content (AvgIpc) is 3.36. The first kappa shape index (κ1) is 26.9. The molecule has 0 aliphatic carbocycles. The van der Waals surface area contributed by atoms with Gasteiger partial charge in [-0.1, -0.05) is 32.0 Å². The first-order valence-corrected chi connectivity index (χ1v) is 12.7. The Bertz CT molecular complexity index is 1370. The normalized spacial score (nSPS) is 21.1. The molecule has 10 heteroatoms. The zero-order chi connectivity index (χ0) is 27.8. The molecule has 1 saturated heterocycles. The van der Waals surface area contributed by atoms with Crippen LogP contribution in [0.2, 0.25) is 0 Å². The van der Waals surface area contributed by atoms with E-state index in [0.717, 1.165) is 5.56 Å². The van der Waals surface area contributed by atoms with Gasteiger partial charge in [0.25, 0.3) is 5.56 Å². The minimum atomic E-state index is -1.03. The fourth-order valence-corrected chi connectivity index (χ4v) is 5.22. The molecule has 10 nitrogen and oxygen atoms in total. The predicted molar refractivity (Wildman–Crippen MR) is 142 cm³/mol. The van der Waals surface area contributed by atoms with Gasteiger partial charge in [0.1, 0.15) is 23.4 Å². The molecular weight excluding hydrogens is 486 g/mol. The zero-order valence-corrected chi connectivity index (χ0v) is 22.3. The second-order valence-corrected chi connectivity index (χ2v) is 11.3. The van der Waals surface area contributed by atoms with E-state index in [0.29, 0.717) is 12.1 Å². The number of ether oxygens (including phenoxy) is 1. The van der Waals surface area contributed by atoms with Crippen LogP contribution in [0.15, 0.2) is 47.4 Å². The topological polar surface area (TPSA) is 134 Å². The van der Waals surface area contributed by atoms with Gasteiger partial charge in [-0.25, -0.2) is 4.79 Å². The van der Waals surface area contributed by atoms with Crippen molar-refractivity contribution < 1.29 is 19.1 Å². The monoisotopic (exact) mass is 519 g/mol. The minimum absolute atomic E-state index is 0.0258. The van der Waals surface area contributed by atoms with Gasteiger partial charge in [-0.15, -0.1) is 0 Å². The summed E-state index contributed by atoms with van der Waals surface area (Å²) < 4.78 is 6.55. The van der Waals surface area contributed by atoms with E-state index < -0.39 is 40.7 Å². The SMILES string of the molecule is CC(C)C[C@H](C(=O)N1C[C@]2(C[C@H]1C#N)C(=O)Nc1ccccc12)n1cccc(NC(=O)OC(C)(C)C)c1=O. The molecule has 3 atom stereocenters. The number of pyridine rings is 1. The molecule has 1 spiro atoms. The number of likely N-dealkylation sites (tertiary alicyclic amines) is 1. The van der Waals surface area contributed by atoms with Crippen molar-refractivity contribution in [3.8, 4) is 6.07 Å². The number of nitrogens with zero attached hydrogens (tertiary/aromatic N) is 3. The van der Waals surface area contributed by atoms with Crippen LogP contribution in [0, 0.1) is 17.2 Å². The van der Waals surface area contributed by atoms with Crippen LogP contribution in [0.25, 0.3) is 0 Å². The highest BCUT2D eigenvalue weighted by molar-refractivity contribution is 6.07. The lowest BCUT2D eigenvalue weighted by Gasteiger charge is -2.29. The lowest BCUT2D eigenvalue weighted by Crippen LogP contribution is -2.45. The number of nitrogens with one attached hydrogen (secondary N) is 2. The Labute approximate surface area is 221 Å². The maximum absolute atomic E-state index is 14.1. The molecule has 0 radical (unpaired) electrons. The number of fused-ring (bicyclic) bond motifs is 2. The van der Waals surface area contributed by atoms with Crippen molar-refractivity contribution in [3.05, 3.63) is 58.5 Å². The van der Waals surface area contributed by atoms with Gasteiger partial charge in [-0.2, -0.15) is 5.26 Å². The van der Waals surface area contributed by atoms with Gasteiger partial charge in [0.2, 0.25) is 11.8 Å². The Balaban J connectivity index is 1.68. The molecule has 0 saturated carbocycles. The Morgan fingerprint density at radius 2 is 1.92 bits per heavy atom. The standard InChI is InChI=1S/C28H33N5O5/c1-17(2)13-22(32-12-8-11-21(23(32)34)31-26(37)38-27(3,4)5)24(35)33-16-28(14-18(33)15-29)19-9-6-7-10-20(19)30-25(28)36/h6-12,17-18,22H,13-14,16H2,1-5H3,(H,30,36)(H,31,37)/t18-,22+,28-/m0/s1. The summed E-state index contributed by atoms with van der Waals surface area (Å²) in [7, 11) is 0. The summed E-state index contributed by atoms with van der Waals surface area (Å²) in [4.78, 5) is 54.3. The number of carbonyl (C=O) groups is 3. The molecule has 3 amide bonds. The number of hydrogen-bond donors (Lipinski definition) is 2. The van der Waals surface area contributed by atoms with Gasteiger partial charge in [-0.3, -0.25) is 19.7 Å². The fraction of sp³-hybridized carbons (Fsp3) is 0.464. The Morgan fingerprint density at radius 3 is 2.58 bits per heavy atom. The fourth-order valence-electron chi connectivity index (χ4n) is 5.22. The molecule has 1 fully saturated rings. The first-order chi connectivity index (χ1) is 17.9. The average molecular weight is 520 g/mol. The van der Waals surface area contributed by atoms with Gasteiger partial charge in [0.15, 0.2) is 0 Å². The van der Waals surface area contributed by atoms with Crippen LogP contribution in [0.5, 0.6) is 0 Å². The lowest BCUT2D eigenvalue weighted by molar-refractivity contribution is -0.135. The van der Waals surface area contributed by atoms with Crippen molar-refractivity contribution in [2.75, 3.05) is 17.2 Å². The number of anilines is 2. The van der Waals surface area contributed by atoms with Gasteiger partial charge in [0.05, 0.1) is 11.5 Å². The van der Waals surface area contributed by atoms with E-state index in [1.165, 1.54) is 21.7 Å². The number of carbonyl (C=O) groups excluding carboxylic acids is 3. The van der Waals surface area contributed by atoms with Gasteiger partial charge < -0.3 is 19.5 Å². The molecule has 3 heterocycles. The summed E-state index contributed by atoms with van der Waals surface area (Å²) in [5.74, 6) is -0.628. The molecule has 2 aromatic rings. The second kappa shape index (κ2) is 9.97. The highest BCUT2D eigenvalue weighted by Crippen LogP contribution is 2.46. The predicted octanol–water partition coefficient (Wildman–Crippen LogP) is 3.80. The maximum Gasteiger partial charge on any atom is 0.412 e. The quantitative estimate of drug-likeness (QED) is 0.617. The summed E-state index contributed by atoms with van der Waals surface area (Å²) in [6.45, 7) is 9.04. The number of aromatic nitrogens is 1. The number of amides is 3. The highest BCUT2D eigenvalue weighted by Gasteiger charge is 2.56. The molecule has 2 N–H and O–H groups in total. The van der Waals surface area contributed by atoms with E-state index in [9.17, 15) is 24.4 Å².